The van der Waals surface area contributed by atoms with Gasteiger partial charge >= 0.3 is 0 Å². The van der Waals surface area contributed by atoms with Crippen molar-refractivity contribution in [1.29, 1.82) is 0 Å². The maximum Gasteiger partial charge on any atom is 0.133 e. The number of aryl methyl sites for hydroxylation is 1. The van der Waals surface area contributed by atoms with Crippen LogP contribution in [0.5, 0.6) is 0 Å². The Hall–Kier alpha value is -0.790. The van der Waals surface area contributed by atoms with Crippen molar-refractivity contribution in [2.45, 2.75) is 40.0 Å². The van der Waals surface area contributed by atoms with E-state index in [0.29, 0.717) is 0 Å². The molecule has 0 fully saturated rings. The van der Waals surface area contributed by atoms with Crippen molar-refractivity contribution in [3.63, 3.8) is 0 Å². The number of nitrogens with zero attached hydrogens (tertiary/aromatic N) is 1. The van der Waals surface area contributed by atoms with Crippen LogP contribution in [0.25, 0.3) is 0 Å². The van der Waals surface area contributed by atoms with Crippen molar-refractivity contribution in [2.75, 3.05) is 0 Å². The van der Waals surface area contributed by atoms with Crippen LogP contribution < -0.4 is 0 Å². The Morgan fingerprint density at radius 1 is 1.36 bits per heavy atom. The third-order valence-corrected chi connectivity index (χ3v) is 1.27. The third kappa shape index (κ3) is 7.10. The fourth-order valence-corrected chi connectivity index (χ4v) is 0.633. The average Bonchev–Trinajstić information content (AvgIpc) is 2.43. The lowest BCUT2D eigenvalue weighted by molar-refractivity contribution is 0.397. The lowest BCUT2D eigenvalue weighted by atomic mass is 10.3. The number of aromatic nitrogens is 1. The summed E-state index contributed by atoms with van der Waals surface area (Å²) in [4.78, 5) is 0. The van der Waals surface area contributed by atoms with E-state index in [1.54, 1.807) is 12.3 Å². The van der Waals surface area contributed by atoms with Crippen LogP contribution in [0.3, 0.4) is 0 Å². The number of rotatable bonds is 2. The van der Waals surface area contributed by atoms with E-state index < -0.39 is 0 Å². The molecule has 0 bridgehead atoms. The predicted molar refractivity (Wildman–Crippen MR) is 46.4 cm³/mol. The molecular weight excluding hydrogens is 138 g/mol. The van der Waals surface area contributed by atoms with Crippen molar-refractivity contribution in [2.24, 2.45) is 0 Å². The summed E-state index contributed by atoms with van der Waals surface area (Å²) in [5, 5.41) is 3.45. The van der Waals surface area contributed by atoms with Crippen molar-refractivity contribution in [1.82, 2.24) is 5.16 Å². The van der Waals surface area contributed by atoms with Gasteiger partial charge in [-0.2, -0.15) is 0 Å². The van der Waals surface area contributed by atoms with Crippen LogP contribution in [0.1, 0.15) is 38.9 Å². The molecule has 0 N–H and O–H groups in total. The van der Waals surface area contributed by atoms with Crippen LogP contribution in [0, 0.1) is 6.92 Å². The van der Waals surface area contributed by atoms with Crippen LogP contribution in [-0.2, 0) is 0 Å². The van der Waals surface area contributed by atoms with Gasteiger partial charge in [-0.1, -0.05) is 38.3 Å². The van der Waals surface area contributed by atoms with Gasteiger partial charge < -0.3 is 4.52 Å². The van der Waals surface area contributed by atoms with Crippen LogP contribution >= 0.6 is 0 Å². The lowest BCUT2D eigenvalue weighted by Crippen LogP contribution is -1.59. The quantitative estimate of drug-likeness (QED) is 0.655. The fraction of sp³-hybridized carbons (Fsp3) is 0.667. The highest BCUT2D eigenvalue weighted by Crippen LogP contribution is 1.88. The first-order valence-corrected chi connectivity index (χ1v) is 4.18. The fourth-order valence-electron chi connectivity index (χ4n) is 0.633. The third-order valence-electron chi connectivity index (χ3n) is 1.27. The van der Waals surface area contributed by atoms with E-state index in [1.165, 1.54) is 19.3 Å². The largest absolute Gasteiger partial charge is 0.362 e. The molecule has 0 atom stereocenters. The van der Waals surface area contributed by atoms with E-state index in [-0.39, 0.29) is 0 Å². The number of hydrogen-bond acceptors (Lipinski definition) is 2. The predicted octanol–water partition coefficient (Wildman–Crippen LogP) is 3.18. The van der Waals surface area contributed by atoms with Gasteiger partial charge in [0.05, 0.1) is 6.20 Å². The summed E-state index contributed by atoms with van der Waals surface area (Å²) in [5.41, 5.74) is 0. The average molecular weight is 155 g/mol. The molecule has 0 radical (unpaired) electrons. The van der Waals surface area contributed by atoms with E-state index in [0.717, 1.165) is 5.76 Å². The smallest absolute Gasteiger partial charge is 0.133 e. The molecular formula is C9H17NO. The van der Waals surface area contributed by atoms with Crippen LogP contribution in [0.15, 0.2) is 16.8 Å². The second kappa shape index (κ2) is 7.32. The standard InChI is InChI=1S/C5H12.C4H5NO/c1-3-5-4-2;1-4-2-3-5-6-4/h3-5H2,1-2H3;2-3H,1H3. The Balaban J connectivity index is 0.000000187. The van der Waals surface area contributed by atoms with E-state index in [4.69, 9.17) is 0 Å². The lowest BCUT2D eigenvalue weighted by Gasteiger charge is -1.79. The minimum Gasteiger partial charge on any atom is -0.362 e. The van der Waals surface area contributed by atoms with Gasteiger partial charge in [-0.15, -0.1) is 0 Å². The molecule has 0 unspecified atom stereocenters. The summed E-state index contributed by atoms with van der Waals surface area (Å²) in [6.07, 6.45) is 5.70. The molecule has 1 aromatic heterocycles. The van der Waals surface area contributed by atoms with Crippen LogP contribution in [0.2, 0.25) is 0 Å². The van der Waals surface area contributed by atoms with E-state index in [9.17, 15) is 0 Å². The Morgan fingerprint density at radius 2 is 2.00 bits per heavy atom. The molecule has 0 spiro atoms. The summed E-state index contributed by atoms with van der Waals surface area (Å²) in [5.74, 6) is 0.856. The van der Waals surface area contributed by atoms with Gasteiger partial charge in [-0.3, -0.25) is 0 Å². The van der Waals surface area contributed by atoms with Gasteiger partial charge in [-0.25, -0.2) is 0 Å². The second-order valence-electron chi connectivity index (χ2n) is 2.48. The first kappa shape index (κ1) is 10.2. The molecule has 0 aliphatic heterocycles. The molecule has 0 saturated heterocycles. The van der Waals surface area contributed by atoms with Crippen LogP contribution in [-0.4, -0.2) is 5.16 Å². The molecule has 0 amide bonds. The molecule has 1 heterocycles. The van der Waals surface area contributed by atoms with Gasteiger partial charge in [-0.05, 0) is 6.92 Å². The van der Waals surface area contributed by atoms with Crippen molar-refractivity contribution in [3.05, 3.63) is 18.0 Å². The van der Waals surface area contributed by atoms with Gasteiger partial charge in [0.25, 0.3) is 0 Å². The van der Waals surface area contributed by atoms with E-state index >= 15 is 0 Å². The highest BCUT2D eigenvalue weighted by molar-refractivity contribution is 4.87. The molecule has 0 aliphatic rings. The highest BCUT2D eigenvalue weighted by atomic mass is 16.5. The summed E-state index contributed by atoms with van der Waals surface area (Å²) in [6, 6.07) is 1.81. The minimum absolute atomic E-state index is 0.856. The summed E-state index contributed by atoms with van der Waals surface area (Å²) in [6.45, 7) is 6.28. The van der Waals surface area contributed by atoms with Crippen molar-refractivity contribution >= 4 is 0 Å². The van der Waals surface area contributed by atoms with Gasteiger partial charge in [0, 0.05) is 6.07 Å². The molecule has 0 aromatic carbocycles. The molecule has 64 valence electrons. The van der Waals surface area contributed by atoms with Gasteiger partial charge in [0.2, 0.25) is 0 Å². The van der Waals surface area contributed by atoms with Gasteiger partial charge in [0.15, 0.2) is 0 Å². The molecule has 0 aliphatic carbocycles. The monoisotopic (exact) mass is 155 g/mol. The normalized spacial score (nSPS) is 8.64. The second-order valence-corrected chi connectivity index (χ2v) is 2.48. The molecule has 2 heteroatoms. The minimum atomic E-state index is 0.856. The maximum atomic E-state index is 4.58. The van der Waals surface area contributed by atoms with Crippen molar-refractivity contribution in [3.8, 4) is 0 Å². The zero-order chi connectivity index (χ0) is 8.53. The molecule has 1 aromatic rings. The highest BCUT2D eigenvalue weighted by Gasteiger charge is 1.78. The Labute approximate surface area is 68.6 Å². The molecule has 11 heavy (non-hydrogen) atoms. The number of unbranched alkanes of at least 4 members (excludes halogenated alkanes) is 2. The topological polar surface area (TPSA) is 26.0 Å². The zero-order valence-electron chi connectivity index (χ0n) is 7.63. The SMILES string of the molecule is CCCCC.Cc1ccno1. The first-order chi connectivity index (χ1) is 5.31. The molecule has 0 saturated carbocycles. The Kier molecular flexibility index (Phi) is 6.79. The summed E-state index contributed by atoms with van der Waals surface area (Å²) < 4.78 is 4.58. The summed E-state index contributed by atoms with van der Waals surface area (Å²) in [7, 11) is 0. The zero-order valence-corrected chi connectivity index (χ0v) is 7.63. The van der Waals surface area contributed by atoms with E-state index in [1.807, 2.05) is 6.92 Å². The van der Waals surface area contributed by atoms with Crippen LogP contribution in [0.4, 0.5) is 0 Å². The number of hydrogen-bond donors (Lipinski definition) is 0. The van der Waals surface area contributed by atoms with E-state index in [2.05, 4.69) is 23.5 Å². The molecule has 1 rings (SSSR count). The first-order valence-electron chi connectivity index (χ1n) is 4.18. The van der Waals surface area contributed by atoms with Crippen molar-refractivity contribution < 1.29 is 4.52 Å². The maximum absolute atomic E-state index is 4.58. The Bertz CT molecular complexity index is 145. The summed E-state index contributed by atoms with van der Waals surface area (Å²) >= 11 is 0. The molecule has 2 nitrogen and oxygen atoms in total. The Morgan fingerprint density at radius 3 is 2.09 bits per heavy atom. The van der Waals surface area contributed by atoms with Gasteiger partial charge in [0.1, 0.15) is 5.76 Å².